The second kappa shape index (κ2) is 11.6. The Labute approximate surface area is 275 Å². The van der Waals surface area contributed by atoms with Gasteiger partial charge in [-0.2, -0.15) is 5.26 Å². The third-order valence-electron chi connectivity index (χ3n) is 8.09. The minimum Gasteiger partial charge on any atom is -0.232 e. The average Bonchev–Trinajstić information content (AvgIpc) is 3.63. The van der Waals surface area contributed by atoms with Gasteiger partial charge in [0.15, 0.2) is 46.5 Å². The van der Waals surface area contributed by atoms with E-state index in [2.05, 4.69) is 14.5 Å². The van der Waals surface area contributed by atoms with Gasteiger partial charge in [0.05, 0.1) is 43.0 Å². The summed E-state index contributed by atoms with van der Waals surface area (Å²) < 4.78 is 121. The fourth-order valence-electron chi connectivity index (χ4n) is 6.18. The van der Waals surface area contributed by atoms with Crippen molar-refractivity contribution >= 4 is 28.0 Å². The lowest BCUT2D eigenvalue weighted by molar-refractivity contribution is 0.454. The van der Waals surface area contributed by atoms with Crippen molar-refractivity contribution in [3.05, 3.63) is 156 Å². The van der Waals surface area contributed by atoms with E-state index in [4.69, 9.17) is 25.0 Å². The van der Waals surface area contributed by atoms with Crippen molar-refractivity contribution in [3.8, 4) is 40.5 Å². The summed E-state index contributed by atoms with van der Waals surface area (Å²) in [5.41, 5.74) is -11.0. The van der Waals surface area contributed by atoms with Gasteiger partial charge in [-0.25, -0.2) is 60.2 Å². The van der Waals surface area contributed by atoms with Gasteiger partial charge in [0.2, 0.25) is 0 Å². The molecule has 0 fully saturated rings. The van der Waals surface area contributed by atoms with Crippen LogP contribution in [-0.2, 0) is 0 Å². The molecule has 6 rings (SSSR count). The number of halogens is 8. The van der Waals surface area contributed by atoms with E-state index in [1.54, 1.807) is 12.1 Å². The van der Waals surface area contributed by atoms with Crippen LogP contribution in [0.5, 0.6) is 0 Å². The van der Waals surface area contributed by atoms with Crippen LogP contribution in [-0.4, -0.2) is 0 Å². The molecule has 0 aliphatic heterocycles. The van der Waals surface area contributed by atoms with Gasteiger partial charge in [-0.15, -0.1) is 0 Å². The van der Waals surface area contributed by atoms with Gasteiger partial charge in [-0.1, -0.05) is 36.4 Å². The summed E-state index contributed by atoms with van der Waals surface area (Å²) in [7, 11) is 0. The first kappa shape index (κ1) is 32.4. The zero-order chi connectivity index (χ0) is 36.3. The Balaban J connectivity index is 1.81. The van der Waals surface area contributed by atoms with Gasteiger partial charge in [0.25, 0.3) is 17.1 Å². The maximum atomic E-state index is 15.5. The van der Waals surface area contributed by atoms with Crippen molar-refractivity contribution in [2.24, 2.45) is 0 Å². The monoisotopic (exact) mass is 674 g/mol. The van der Waals surface area contributed by atoms with Crippen LogP contribution in [0.3, 0.4) is 0 Å². The molecule has 0 amide bonds. The van der Waals surface area contributed by atoms with Crippen LogP contribution in [0, 0.1) is 100 Å². The van der Waals surface area contributed by atoms with Crippen molar-refractivity contribution in [2.45, 2.75) is 0 Å². The van der Waals surface area contributed by atoms with Crippen molar-refractivity contribution in [1.82, 2.24) is 0 Å². The topological polar surface area (TPSA) is 84.4 Å². The van der Waals surface area contributed by atoms with Gasteiger partial charge in [-0.05, 0) is 44.5 Å². The third-order valence-corrected chi connectivity index (χ3v) is 8.09. The highest BCUT2D eigenvalue weighted by atomic mass is 19.2. The van der Waals surface area contributed by atoms with Gasteiger partial charge in [0.1, 0.15) is 11.6 Å². The zero-order valence-electron chi connectivity index (χ0n) is 24.2. The molecule has 14 heteroatoms. The maximum Gasteiger partial charge on any atom is 0.270 e. The molecule has 6 nitrogen and oxygen atoms in total. The molecule has 0 saturated heterocycles. The highest BCUT2D eigenvalue weighted by Gasteiger charge is 2.43. The average molecular weight is 674 g/mol. The van der Waals surface area contributed by atoms with Crippen molar-refractivity contribution in [2.75, 3.05) is 0 Å². The Morgan fingerprint density at radius 2 is 0.860 bits per heavy atom. The lowest BCUT2D eigenvalue weighted by atomic mass is 9.84. The van der Waals surface area contributed by atoms with Crippen LogP contribution in [0.2, 0.25) is 0 Å². The Hall–Kier alpha value is -7.52. The minimum absolute atomic E-state index is 0.176. The second-order valence-electron chi connectivity index (χ2n) is 10.3. The molecule has 2 aliphatic rings. The van der Waals surface area contributed by atoms with E-state index in [1.807, 2.05) is 0 Å². The van der Waals surface area contributed by atoms with Crippen LogP contribution in [0.15, 0.2) is 47.8 Å². The number of nitriles is 3. The van der Waals surface area contributed by atoms with E-state index in [0.29, 0.717) is 0 Å². The van der Waals surface area contributed by atoms with Crippen molar-refractivity contribution in [1.29, 1.82) is 15.8 Å². The number of hydrogen-bond donors (Lipinski definition) is 0. The first-order chi connectivity index (χ1) is 23.9. The van der Waals surface area contributed by atoms with E-state index >= 15 is 17.6 Å². The smallest absolute Gasteiger partial charge is 0.232 e. The molecular formula is C36H6F8N6. The van der Waals surface area contributed by atoms with Crippen molar-refractivity contribution in [3.63, 3.8) is 0 Å². The number of nitrogens with zero attached hydrogens (tertiary/aromatic N) is 6. The summed E-state index contributed by atoms with van der Waals surface area (Å²) in [6.07, 6.45) is 0. The van der Waals surface area contributed by atoms with E-state index in [1.165, 1.54) is 12.1 Å². The number of rotatable bonds is 2. The summed E-state index contributed by atoms with van der Waals surface area (Å²) in [5, 5.41) is 29.1. The van der Waals surface area contributed by atoms with Crippen LogP contribution >= 0.6 is 0 Å². The molecule has 0 heterocycles. The van der Waals surface area contributed by atoms with Gasteiger partial charge in [-0.3, -0.25) is 0 Å². The molecule has 4 aromatic rings. The highest BCUT2D eigenvalue weighted by Crippen LogP contribution is 2.62. The van der Waals surface area contributed by atoms with E-state index in [0.717, 1.165) is 30.3 Å². The Bertz CT molecular complexity index is 2420. The van der Waals surface area contributed by atoms with E-state index in [-0.39, 0.29) is 33.4 Å². The standard InChI is InChI=1S/C36H6F8N6/c1-48-18(11-46)26-20-13(6-4-8-15(20)24-30(39)28(37)17(10-45)29(38)31(24)40)22-23(26)14-7-5-9-16(21(14)27(22)19(12-47)49-2)25-32(41)34(43)36(50-3)35(44)33(25)42/h4-9H/b26-18-,27-19+. The first-order valence-electron chi connectivity index (χ1n) is 13.5. The van der Waals surface area contributed by atoms with Gasteiger partial charge < -0.3 is 0 Å². The van der Waals surface area contributed by atoms with Crippen LogP contribution in [0.4, 0.5) is 40.8 Å². The van der Waals surface area contributed by atoms with E-state index in [9.17, 15) is 28.1 Å². The minimum atomic E-state index is -2.04. The summed E-state index contributed by atoms with van der Waals surface area (Å²) in [5.74, 6) is -16.2. The predicted molar refractivity (Wildman–Crippen MR) is 159 cm³/mol. The van der Waals surface area contributed by atoms with Crippen LogP contribution in [0.1, 0.15) is 27.8 Å². The first-order valence-corrected chi connectivity index (χ1v) is 13.5. The Morgan fingerprint density at radius 3 is 1.18 bits per heavy atom. The molecule has 0 unspecified atom stereocenters. The highest BCUT2D eigenvalue weighted by molar-refractivity contribution is 6.39. The molecule has 0 aromatic heterocycles. The number of hydrogen-bond acceptors (Lipinski definition) is 3. The quantitative estimate of drug-likeness (QED) is 0.0919. The Morgan fingerprint density at radius 1 is 0.500 bits per heavy atom. The largest absolute Gasteiger partial charge is 0.270 e. The molecule has 0 saturated carbocycles. The molecule has 236 valence electrons. The van der Waals surface area contributed by atoms with Crippen LogP contribution in [0.25, 0.3) is 59.1 Å². The lowest BCUT2D eigenvalue weighted by Gasteiger charge is -2.20. The Kier molecular flexibility index (Phi) is 7.54. The maximum absolute atomic E-state index is 15.5. The van der Waals surface area contributed by atoms with Gasteiger partial charge in [0, 0.05) is 11.1 Å². The fourth-order valence-corrected chi connectivity index (χ4v) is 6.18. The second-order valence-corrected chi connectivity index (χ2v) is 10.3. The zero-order valence-corrected chi connectivity index (χ0v) is 24.2. The fraction of sp³-hybridized carbons (Fsp3) is 0. The van der Waals surface area contributed by atoms with Crippen molar-refractivity contribution < 1.29 is 35.1 Å². The summed E-state index contributed by atoms with van der Waals surface area (Å²) in [4.78, 5) is 8.88. The molecular weight excluding hydrogens is 668 g/mol. The number of fused-ring (bicyclic) bond motifs is 4. The molecule has 0 bridgehead atoms. The predicted octanol–water partition coefficient (Wildman–Crippen LogP) is 9.80. The molecule has 0 spiro atoms. The molecule has 4 aromatic carbocycles. The summed E-state index contributed by atoms with van der Waals surface area (Å²) >= 11 is 0. The molecule has 50 heavy (non-hydrogen) atoms. The lowest BCUT2D eigenvalue weighted by Crippen LogP contribution is -2.06. The van der Waals surface area contributed by atoms with E-state index < -0.39 is 103 Å². The van der Waals surface area contributed by atoms with Gasteiger partial charge >= 0.3 is 0 Å². The summed E-state index contributed by atoms with van der Waals surface area (Å²) in [6.45, 7) is 22.3. The third kappa shape index (κ3) is 4.07. The SMILES string of the molecule is [C-]#[N+]/C(C#N)=C1C2=C(/C(=C(\C#N)[N+]#[C-])c3c2cccc3-c2c(F)c(F)c([N+]#[C-])c(F)c2F)c2cccc(-c3c(F)c(F)c(C#N)c(F)c3F)c2\1. The molecule has 2 aliphatic carbocycles. The molecule has 0 atom stereocenters. The number of benzene rings is 4. The van der Waals surface area contributed by atoms with Crippen LogP contribution < -0.4 is 0 Å². The normalized spacial score (nSPS) is 14.3. The molecule has 0 N–H and O–H groups in total. The number of allylic oxidation sites excluding steroid dienone is 6. The molecule has 0 radical (unpaired) electrons. The summed E-state index contributed by atoms with van der Waals surface area (Å²) in [6, 6.07) is 11.0.